The molecule has 1 N–H and O–H groups in total. The fraction of sp³-hybridized carbons (Fsp3) is 0.800. The van der Waals surface area contributed by atoms with Crippen molar-refractivity contribution in [2.45, 2.75) is 19.3 Å². The number of nitrogens with zero attached hydrogens (tertiary/aromatic N) is 1. The Morgan fingerprint density at radius 2 is 2.29 bits per heavy atom. The number of alkyl halides is 2. The van der Waals surface area contributed by atoms with Gasteiger partial charge in [0.25, 0.3) is 5.92 Å². The molecule has 0 saturated heterocycles. The smallest absolute Gasteiger partial charge is 0.272 e. The molecule has 0 unspecified atom stereocenters. The lowest BCUT2D eigenvalue weighted by Crippen LogP contribution is -2.44. The molecule has 0 spiro atoms. The molecule has 0 radical (unpaired) electrons. The van der Waals surface area contributed by atoms with Crippen LogP contribution >= 0.6 is 0 Å². The zero-order valence-corrected chi connectivity index (χ0v) is 8.82. The molecule has 0 bridgehead atoms. The Kier molecular flexibility index (Phi) is 4.01. The van der Waals surface area contributed by atoms with Crippen molar-refractivity contribution in [1.29, 1.82) is 0 Å². The fourth-order valence-electron chi connectivity index (χ4n) is 1.77. The summed E-state index contributed by atoms with van der Waals surface area (Å²) in [5.41, 5.74) is 1.19. The van der Waals surface area contributed by atoms with E-state index in [0.717, 1.165) is 13.0 Å². The maximum Gasteiger partial charge on any atom is 0.272 e. The number of hydrogen-bond donors (Lipinski definition) is 1. The molecule has 0 aliphatic carbocycles. The van der Waals surface area contributed by atoms with Crippen LogP contribution in [-0.2, 0) is 0 Å². The Hall–Kier alpha value is -0.480. The average Bonchev–Trinajstić information content (AvgIpc) is 2.02. The Bertz CT molecular complexity index is 214. The summed E-state index contributed by atoms with van der Waals surface area (Å²) in [6, 6.07) is 0. The molecule has 4 heteroatoms. The van der Waals surface area contributed by atoms with Crippen molar-refractivity contribution >= 4 is 0 Å². The standard InChI is InChI=1S/C10H18F2N2/c1-9-4-3-5-14(6-9)8-10(11,12)7-13-2/h4,13H,3,5-8H2,1-2H3. The summed E-state index contributed by atoms with van der Waals surface area (Å²) in [5.74, 6) is -2.62. The van der Waals surface area contributed by atoms with Crippen LogP contribution in [0.25, 0.3) is 0 Å². The molecular formula is C10H18F2N2. The third-order valence-electron chi connectivity index (χ3n) is 2.30. The predicted octanol–water partition coefficient (Wildman–Crippen LogP) is 1.49. The van der Waals surface area contributed by atoms with Crippen LogP contribution in [0.3, 0.4) is 0 Å². The van der Waals surface area contributed by atoms with Crippen molar-refractivity contribution < 1.29 is 8.78 Å². The molecule has 1 heterocycles. The average molecular weight is 204 g/mol. The molecule has 0 saturated carbocycles. The first kappa shape index (κ1) is 11.6. The Labute approximate surface area is 84.0 Å². The van der Waals surface area contributed by atoms with Crippen LogP contribution in [0.15, 0.2) is 11.6 Å². The third kappa shape index (κ3) is 3.72. The molecule has 0 aromatic rings. The second-order valence-electron chi connectivity index (χ2n) is 3.94. The zero-order chi connectivity index (χ0) is 10.6. The summed E-state index contributed by atoms with van der Waals surface area (Å²) < 4.78 is 26.4. The molecule has 2 nitrogen and oxygen atoms in total. The zero-order valence-electron chi connectivity index (χ0n) is 8.82. The van der Waals surface area contributed by atoms with Gasteiger partial charge in [0.15, 0.2) is 0 Å². The molecule has 0 aromatic heterocycles. The second-order valence-corrected chi connectivity index (χ2v) is 3.94. The summed E-state index contributed by atoms with van der Waals surface area (Å²) in [6.45, 7) is 3.03. The first-order valence-corrected chi connectivity index (χ1v) is 4.94. The molecule has 1 aliphatic heterocycles. The second kappa shape index (κ2) is 4.84. The van der Waals surface area contributed by atoms with Gasteiger partial charge in [-0.1, -0.05) is 11.6 Å². The Morgan fingerprint density at radius 1 is 1.57 bits per heavy atom. The van der Waals surface area contributed by atoms with E-state index >= 15 is 0 Å². The van der Waals surface area contributed by atoms with Crippen molar-refractivity contribution in [2.24, 2.45) is 0 Å². The summed E-state index contributed by atoms with van der Waals surface area (Å²) in [6.07, 6.45) is 3.01. The molecule has 0 aromatic carbocycles. The van der Waals surface area contributed by atoms with E-state index in [1.54, 1.807) is 7.05 Å². The topological polar surface area (TPSA) is 15.3 Å². The van der Waals surface area contributed by atoms with E-state index in [9.17, 15) is 8.78 Å². The van der Waals surface area contributed by atoms with Gasteiger partial charge >= 0.3 is 0 Å². The number of nitrogens with one attached hydrogen (secondary N) is 1. The minimum absolute atomic E-state index is 0.140. The van der Waals surface area contributed by atoms with Gasteiger partial charge in [0, 0.05) is 13.1 Å². The van der Waals surface area contributed by atoms with E-state index in [-0.39, 0.29) is 13.1 Å². The molecule has 1 aliphatic rings. The van der Waals surface area contributed by atoms with Crippen LogP contribution in [0, 0.1) is 0 Å². The number of hydrogen-bond acceptors (Lipinski definition) is 2. The Morgan fingerprint density at radius 3 is 2.86 bits per heavy atom. The van der Waals surface area contributed by atoms with Crippen LogP contribution in [0.5, 0.6) is 0 Å². The minimum Gasteiger partial charge on any atom is -0.314 e. The van der Waals surface area contributed by atoms with E-state index < -0.39 is 5.92 Å². The Balaban J connectivity index is 2.40. The molecule has 0 amide bonds. The van der Waals surface area contributed by atoms with Gasteiger partial charge in [0.2, 0.25) is 0 Å². The van der Waals surface area contributed by atoms with Crippen LogP contribution < -0.4 is 5.32 Å². The first-order chi connectivity index (χ1) is 6.53. The highest BCUT2D eigenvalue weighted by Crippen LogP contribution is 2.17. The molecule has 1 rings (SSSR count). The number of halogens is 2. The van der Waals surface area contributed by atoms with Crippen molar-refractivity contribution in [3.63, 3.8) is 0 Å². The third-order valence-corrected chi connectivity index (χ3v) is 2.30. The van der Waals surface area contributed by atoms with E-state index in [1.165, 1.54) is 5.57 Å². The van der Waals surface area contributed by atoms with Gasteiger partial charge in [-0.2, -0.15) is 0 Å². The van der Waals surface area contributed by atoms with Gasteiger partial charge < -0.3 is 5.32 Å². The summed E-state index contributed by atoms with van der Waals surface area (Å²) in [5, 5.41) is 2.52. The van der Waals surface area contributed by atoms with Gasteiger partial charge in [-0.3, -0.25) is 4.90 Å². The quantitative estimate of drug-likeness (QED) is 0.698. The van der Waals surface area contributed by atoms with Crippen molar-refractivity contribution in [2.75, 3.05) is 33.2 Å². The molecule has 0 atom stereocenters. The maximum absolute atomic E-state index is 13.2. The van der Waals surface area contributed by atoms with Gasteiger partial charge in [-0.05, 0) is 20.4 Å². The fourth-order valence-corrected chi connectivity index (χ4v) is 1.77. The predicted molar refractivity (Wildman–Crippen MR) is 53.7 cm³/mol. The summed E-state index contributed by atoms with van der Waals surface area (Å²) in [7, 11) is 1.55. The first-order valence-electron chi connectivity index (χ1n) is 4.94. The van der Waals surface area contributed by atoms with E-state index in [4.69, 9.17) is 0 Å². The van der Waals surface area contributed by atoms with Gasteiger partial charge in [0.05, 0.1) is 13.1 Å². The van der Waals surface area contributed by atoms with Gasteiger partial charge in [-0.15, -0.1) is 0 Å². The summed E-state index contributed by atoms with van der Waals surface area (Å²) in [4.78, 5) is 1.81. The normalized spacial score (nSPS) is 19.6. The van der Waals surface area contributed by atoms with Gasteiger partial charge in [0.1, 0.15) is 0 Å². The SMILES string of the molecule is CNCC(F)(F)CN1CCC=C(C)C1. The van der Waals surface area contributed by atoms with E-state index in [0.29, 0.717) is 6.54 Å². The lowest BCUT2D eigenvalue weighted by molar-refractivity contribution is -0.0276. The maximum atomic E-state index is 13.2. The highest BCUT2D eigenvalue weighted by molar-refractivity contribution is 5.04. The monoisotopic (exact) mass is 204 g/mol. The van der Waals surface area contributed by atoms with Crippen molar-refractivity contribution in [3.05, 3.63) is 11.6 Å². The van der Waals surface area contributed by atoms with Gasteiger partial charge in [-0.25, -0.2) is 8.78 Å². The van der Waals surface area contributed by atoms with E-state index in [1.807, 2.05) is 11.8 Å². The van der Waals surface area contributed by atoms with Crippen LogP contribution in [0.2, 0.25) is 0 Å². The van der Waals surface area contributed by atoms with Crippen LogP contribution in [0.1, 0.15) is 13.3 Å². The molecule has 0 fully saturated rings. The summed E-state index contributed by atoms with van der Waals surface area (Å²) >= 11 is 0. The molecule has 14 heavy (non-hydrogen) atoms. The van der Waals surface area contributed by atoms with Crippen molar-refractivity contribution in [3.8, 4) is 0 Å². The highest BCUT2D eigenvalue weighted by Gasteiger charge is 2.31. The largest absolute Gasteiger partial charge is 0.314 e. The highest BCUT2D eigenvalue weighted by atomic mass is 19.3. The van der Waals surface area contributed by atoms with Crippen LogP contribution in [0.4, 0.5) is 8.78 Å². The lowest BCUT2D eigenvalue weighted by Gasteiger charge is -2.29. The minimum atomic E-state index is -2.62. The van der Waals surface area contributed by atoms with Crippen LogP contribution in [-0.4, -0.2) is 44.0 Å². The molecular weight excluding hydrogens is 186 g/mol. The van der Waals surface area contributed by atoms with E-state index in [2.05, 4.69) is 11.4 Å². The molecule has 82 valence electrons. The number of rotatable bonds is 4. The lowest BCUT2D eigenvalue weighted by atomic mass is 10.1. The van der Waals surface area contributed by atoms with Crippen molar-refractivity contribution in [1.82, 2.24) is 10.2 Å².